The molecule has 0 saturated heterocycles. The van der Waals surface area contributed by atoms with Crippen molar-refractivity contribution in [1.29, 1.82) is 0 Å². The second kappa shape index (κ2) is 5.34. The van der Waals surface area contributed by atoms with Crippen molar-refractivity contribution in [2.75, 3.05) is 19.8 Å². The number of nitrogens with one attached hydrogen (secondary N) is 1. The Labute approximate surface area is 90.1 Å². The Kier molecular flexibility index (Phi) is 5.07. The molecule has 0 fully saturated rings. The molecule has 2 atom stereocenters. The molecule has 0 rings (SSSR count). The van der Waals surface area contributed by atoms with Gasteiger partial charge >= 0.3 is 0 Å². The van der Waals surface area contributed by atoms with Gasteiger partial charge in [0, 0.05) is 13.2 Å². The van der Waals surface area contributed by atoms with Crippen molar-refractivity contribution in [1.82, 2.24) is 5.32 Å². The molecule has 15 heavy (non-hydrogen) atoms. The van der Waals surface area contributed by atoms with Crippen LogP contribution in [0.25, 0.3) is 0 Å². The number of hydrogen-bond acceptors (Lipinski definition) is 4. The first-order chi connectivity index (χ1) is 6.79. The predicted octanol–water partition coefficient (Wildman–Crippen LogP) is -0.931. The number of rotatable bonds is 6. The second-order valence-corrected chi connectivity index (χ2v) is 4.12. The molecule has 88 valence electrons. The number of amides is 1. The lowest BCUT2D eigenvalue weighted by molar-refractivity contribution is -0.151. The summed E-state index contributed by atoms with van der Waals surface area (Å²) in [4.78, 5) is 11.6. The summed E-state index contributed by atoms with van der Waals surface area (Å²) in [5, 5.41) is 29.9. The van der Waals surface area contributed by atoms with Gasteiger partial charge in [-0.3, -0.25) is 4.79 Å². The van der Waals surface area contributed by atoms with Crippen molar-refractivity contribution in [3.63, 3.8) is 0 Å². The summed E-state index contributed by atoms with van der Waals surface area (Å²) in [6.45, 7) is 6.27. The van der Waals surface area contributed by atoms with Crippen molar-refractivity contribution < 1.29 is 20.1 Å². The molecule has 5 heteroatoms. The highest BCUT2D eigenvalue weighted by Gasteiger charge is 2.51. The fourth-order valence-electron chi connectivity index (χ4n) is 0.881. The van der Waals surface area contributed by atoms with Crippen LogP contribution in [0.4, 0.5) is 0 Å². The Morgan fingerprint density at radius 1 is 1.40 bits per heavy atom. The minimum atomic E-state index is -1.74. The normalized spacial score (nSPS) is 19.0. The van der Waals surface area contributed by atoms with Gasteiger partial charge in [-0.25, -0.2) is 0 Å². The summed E-state index contributed by atoms with van der Waals surface area (Å²) >= 11 is 0. The highest BCUT2D eigenvalue weighted by molar-refractivity contribution is 5.85. The molecule has 0 spiro atoms. The molecule has 0 bridgehead atoms. The fraction of sp³-hybridized carbons (Fsp3) is 0.800. The van der Waals surface area contributed by atoms with Crippen LogP contribution in [-0.4, -0.2) is 46.6 Å². The Bertz CT molecular complexity index is 213. The minimum Gasteiger partial charge on any atom is -0.396 e. The van der Waals surface area contributed by atoms with Crippen molar-refractivity contribution in [3.8, 4) is 0 Å². The third kappa shape index (κ3) is 3.37. The molecule has 1 amide bonds. The zero-order chi connectivity index (χ0) is 12.1. The van der Waals surface area contributed by atoms with Crippen LogP contribution in [0.15, 0.2) is 0 Å². The van der Waals surface area contributed by atoms with E-state index in [1.165, 1.54) is 13.8 Å². The highest BCUT2D eigenvalue weighted by Crippen LogP contribution is 2.29. The molecule has 4 N–H and O–H groups in total. The van der Waals surface area contributed by atoms with E-state index in [1.807, 2.05) is 0 Å². The SMILES string of the molecule is [CH2+]C(C)(CO)C(C)(O)C(=O)NCCCO. The largest absolute Gasteiger partial charge is 0.396 e. The van der Waals surface area contributed by atoms with Crippen molar-refractivity contribution in [2.45, 2.75) is 25.9 Å². The summed E-state index contributed by atoms with van der Waals surface area (Å²) < 4.78 is 0. The molecule has 0 heterocycles. The monoisotopic (exact) mass is 218 g/mol. The van der Waals surface area contributed by atoms with E-state index >= 15 is 0 Å². The summed E-state index contributed by atoms with van der Waals surface area (Å²) in [5.41, 5.74) is -2.90. The summed E-state index contributed by atoms with van der Waals surface area (Å²) in [6.07, 6.45) is 0.425. The maximum atomic E-state index is 11.6. The molecular formula is C10H20NO4+. The third-order valence-electron chi connectivity index (χ3n) is 2.59. The summed E-state index contributed by atoms with van der Waals surface area (Å²) in [6, 6.07) is 0. The van der Waals surface area contributed by atoms with Gasteiger partial charge < -0.3 is 20.6 Å². The van der Waals surface area contributed by atoms with E-state index in [2.05, 4.69) is 12.2 Å². The topological polar surface area (TPSA) is 89.8 Å². The van der Waals surface area contributed by atoms with Gasteiger partial charge in [0.05, 0.1) is 13.5 Å². The minimum absolute atomic E-state index is 0.0237. The predicted molar refractivity (Wildman–Crippen MR) is 55.9 cm³/mol. The van der Waals surface area contributed by atoms with E-state index in [1.54, 1.807) is 0 Å². The Morgan fingerprint density at radius 2 is 1.93 bits per heavy atom. The number of carbonyl (C=O) groups is 1. The smallest absolute Gasteiger partial charge is 0.256 e. The first-order valence-electron chi connectivity index (χ1n) is 4.87. The average Bonchev–Trinajstić information content (AvgIpc) is 2.17. The molecule has 0 aliphatic carbocycles. The van der Waals surface area contributed by atoms with Crippen LogP contribution in [0.1, 0.15) is 20.3 Å². The van der Waals surface area contributed by atoms with Crippen molar-refractivity contribution >= 4 is 5.91 Å². The van der Waals surface area contributed by atoms with Crippen LogP contribution in [-0.2, 0) is 4.79 Å². The van der Waals surface area contributed by atoms with Crippen molar-refractivity contribution in [2.24, 2.45) is 5.41 Å². The van der Waals surface area contributed by atoms with E-state index in [-0.39, 0.29) is 13.2 Å². The lowest BCUT2D eigenvalue weighted by atomic mass is 9.76. The number of aliphatic hydroxyl groups excluding tert-OH is 2. The molecule has 0 aromatic rings. The Hall–Kier alpha value is -0.780. The van der Waals surface area contributed by atoms with Gasteiger partial charge in [-0.2, -0.15) is 0 Å². The molecule has 0 saturated carbocycles. The average molecular weight is 218 g/mol. The second-order valence-electron chi connectivity index (χ2n) is 4.12. The van der Waals surface area contributed by atoms with E-state index in [4.69, 9.17) is 10.2 Å². The number of carbonyl (C=O) groups excluding carboxylic acids is 1. The quantitative estimate of drug-likeness (QED) is 0.342. The van der Waals surface area contributed by atoms with Crippen molar-refractivity contribution in [3.05, 3.63) is 6.92 Å². The van der Waals surface area contributed by atoms with Gasteiger partial charge in [0.1, 0.15) is 0 Å². The summed E-state index contributed by atoms with van der Waals surface area (Å²) in [7, 11) is 0. The lowest BCUT2D eigenvalue weighted by Gasteiger charge is -2.31. The lowest BCUT2D eigenvalue weighted by Crippen LogP contribution is -2.56. The van der Waals surface area contributed by atoms with E-state index in [9.17, 15) is 9.90 Å². The third-order valence-corrected chi connectivity index (χ3v) is 2.59. The van der Waals surface area contributed by atoms with E-state index in [0.29, 0.717) is 6.42 Å². The van der Waals surface area contributed by atoms with Crippen LogP contribution < -0.4 is 5.32 Å². The van der Waals surface area contributed by atoms with Gasteiger partial charge in [0.25, 0.3) is 5.91 Å². The van der Waals surface area contributed by atoms with Crippen LogP contribution >= 0.6 is 0 Å². The molecule has 0 aromatic heterocycles. The van der Waals surface area contributed by atoms with Crippen LogP contribution in [0.5, 0.6) is 0 Å². The molecule has 5 nitrogen and oxygen atoms in total. The van der Waals surface area contributed by atoms with Gasteiger partial charge in [-0.15, -0.1) is 0 Å². The van der Waals surface area contributed by atoms with Gasteiger partial charge in [-0.1, -0.05) is 0 Å². The molecule has 2 unspecified atom stereocenters. The zero-order valence-corrected chi connectivity index (χ0v) is 9.29. The van der Waals surface area contributed by atoms with E-state index < -0.39 is 23.5 Å². The fourth-order valence-corrected chi connectivity index (χ4v) is 0.881. The van der Waals surface area contributed by atoms with Crippen LogP contribution in [0.3, 0.4) is 0 Å². The number of hydrogen-bond donors (Lipinski definition) is 4. The molecular weight excluding hydrogens is 198 g/mol. The Morgan fingerprint density at radius 3 is 2.33 bits per heavy atom. The van der Waals surface area contributed by atoms with E-state index in [0.717, 1.165) is 0 Å². The molecule has 0 radical (unpaired) electrons. The number of aliphatic hydroxyl groups is 3. The van der Waals surface area contributed by atoms with Crippen LogP contribution in [0.2, 0.25) is 0 Å². The van der Waals surface area contributed by atoms with Crippen LogP contribution in [0, 0.1) is 12.3 Å². The first kappa shape index (κ1) is 14.2. The van der Waals surface area contributed by atoms with Gasteiger partial charge in [0.15, 0.2) is 11.0 Å². The van der Waals surface area contributed by atoms with Gasteiger partial charge in [-0.05, 0) is 20.3 Å². The summed E-state index contributed by atoms with van der Waals surface area (Å²) in [5.74, 6) is -0.595. The molecule has 0 aliphatic heterocycles. The first-order valence-corrected chi connectivity index (χ1v) is 4.87. The highest BCUT2D eigenvalue weighted by atomic mass is 16.3. The molecule has 0 aromatic carbocycles. The van der Waals surface area contributed by atoms with Gasteiger partial charge in [0.2, 0.25) is 0 Å². The maximum absolute atomic E-state index is 11.6. The molecule has 0 aliphatic rings. The standard InChI is InChI=1S/C10H19NO4/c1-9(2,7-13)10(3,15)8(14)11-5-4-6-12/h12-13,15H,1,4-7H2,2-3H3/p+1. The maximum Gasteiger partial charge on any atom is 0.256 e. The zero-order valence-electron chi connectivity index (χ0n) is 9.29. The Balaban J connectivity index is 4.38.